The first-order valence-electron chi connectivity index (χ1n) is 7.23. The summed E-state index contributed by atoms with van der Waals surface area (Å²) < 4.78 is 5.97. The number of para-hydroxylation sites is 1. The molecule has 0 spiro atoms. The van der Waals surface area contributed by atoms with Crippen molar-refractivity contribution in [3.63, 3.8) is 0 Å². The largest absolute Gasteiger partial charge is 0.486 e. The number of nitrogens with one attached hydrogen (secondary N) is 2. The number of aryl methyl sites for hydroxylation is 1. The van der Waals surface area contributed by atoms with Crippen LogP contribution < -0.4 is 21.3 Å². The molecule has 0 unspecified atom stereocenters. The molecule has 1 amide bonds. The van der Waals surface area contributed by atoms with Crippen molar-refractivity contribution in [1.29, 1.82) is 0 Å². The van der Waals surface area contributed by atoms with E-state index >= 15 is 0 Å². The van der Waals surface area contributed by atoms with Gasteiger partial charge in [0.25, 0.3) is 0 Å². The Labute approximate surface area is 141 Å². The minimum Gasteiger partial charge on any atom is -0.486 e. The van der Waals surface area contributed by atoms with Gasteiger partial charge in [0.15, 0.2) is 0 Å². The van der Waals surface area contributed by atoms with Crippen molar-refractivity contribution in [1.82, 2.24) is 5.43 Å². The zero-order valence-corrected chi connectivity index (χ0v) is 14.1. The second-order valence-electron chi connectivity index (χ2n) is 4.56. The minimum absolute atomic E-state index is 0.403. The summed E-state index contributed by atoms with van der Waals surface area (Å²) in [5.74, 6) is 5.32. The second kappa shape index (κ2) is 10.5. The Bertz CT molecular complexity index is 598. The zero-order chi connectivity index (χ0) is 17.1. The molecule has 4 N–H and O–H groups in total. The highest BCUT2D eigenvalue weighted by Gasteiger charge is 2.08. The highest BCUT2D eigenvalue weighted by Crippen LogP contribution is 2.30. The monoisotopic (exact) mass is 335 g/mol. The van der Waals surface area contributed by atoms with Crippen LogP contribution in [0.1, 0.15) is 18.1 Å². The summed E-state index contributed by atoms with van der Waals surface area (Å²) in [5.41, 5.74) is 4.95. The van der Waals surface area contributed by atoms with E-state index in [2.05, 4.69) is 24.1 Å². The van der Waals surface area contributed by atoms with E-state index in [1.807, 2.05) is 43.4 Å². The Balaban J connectivity index is 0.000000593. The molecule has 0 saturated heterocycles. The smallest absolute Gasteiger partial charge is 0.221 e. The van der Waals surface area contributed by atoms with Crippen LogP contribution in [-0.2, 0) is 17.8 Å². The quantitative estimate of drug-likeness (QED) is 0.328. The van der Waals surface area contributed by atoms with E-state index in [0.717, 1.165) is 28.4 Å². The fourth-order valence-electron chi connectivity index (χ4n) is 2.00. The maximum Gasteiger partial charge on any atom is 0.221 e. The van der Waals surface area contributed by atoms with Crippen LogP contribution in [0.4, 0.5) is 5.69 Å². The van der Waals surface area contributed by atoms with E-state index in [1.54, 1.807) is 5.43 Å². The summed E-state index contributed by atoms with van der Waals surface area (Å²) in [5, 5.41) is 3.90. The molecule has 0 radical (unpaired) electrons. The number of benzene rings is 2. The van der Waals surface area contributed by atoms with Gasteiger partial charge in [-0.25, -0.2) is 5.84 Å². The Kier molecular flexibility index (Phi) is 8.57. The summed E-state index contributed by atoms with van der Waals surface area (Å²) in [7, 11) is 1.90. The van der Waals surface area contributed by atoms with Crippen molar-refractivity contribution in [3.05, 3.63) is 58.6 Å². The summed E-state index contributed by atoms with van der Waals surface area (Å²) in [4.78, 5) is 8.94. The standard InChI is InChI=1S/C16H18ClNO.CH4N2O/c1-3-12-8-6-10-15(18-2)16(12)19-11-13-7-4-5-9-14(13)17;2-3-1-4/h4-10,18H,3,11H2,1-2H3;1H,2H2,(H,3,4). The average Bonchev–Trinajstić information content (AvgIpc) is 2.60. The van der Waals surface area contributed by atoms with Crippen LogP contribution in [0.15, 0.2) is 42.5 Å². The zero-order valence-electron chi connectivity index (χ0n) is 13.3. The summed E-state index contributed by atoms with van der Waals surface area (Å²) in [6.07, 6.45) is 1.34. The van der Waals surface area contributed by atoms with Crippen molar-refractivity contribution >= 4 is 23.7 Å². The molecular weight excluding hydrogens is 314 g/mol. The molecule has 0 bridgehead atoms. The van der Waals surface area contributed by atoms with Crippen LogP contribution in [0.3, 0.4) is 0 Å². The number of anilines is 1. The lowest BCUT2D eigenvalue weighted by Gasteiger charge is -2.15. The number of hydrazine groups is 1. The van der Waals surface area contributed by atoms with Crippen LogP contribution in [0.25, 0.3) is 0 Å². The van der Waals surface area contributed by atoms with Gasteiger partial charge in [-0.05, 0) is 24.1 Å². The predicted octanol–water partition coefficient (Wildman–Crippen LogP) is 3.13. The number of ether oxygens (including phenoxy) is 1. The molecule has 0 aliphatic heterocycles. The molecule has 2 rings (SSSR count). The van der Waals surface area contributed by atoms with Gasteiger partial charge in [-0.15, -0.1) is 0 Å². The predicted molar refractivity (Wildman–Crippen MR) is 94.5 cm³/mol. The van der Waals surface area contributed by atoms with E-state index in [-0.39, 0.29) is 0 Å². The Morgan fingerprint density at radius 2 is 1.83 bits per heavy atom. The highest BCUT2D eigenvalue weighted by atomic mass is 35.5. The van der Waals surface area contributed by atoms with Crippen LogP contribution in [0.5, 0.6) is 5.75 Å². The first-order valence-corrected chi connectivity index (χ1v) is 7.61. The van der Waals surface area contributed by atoms with Gasteiger partial charge in [0, 0.05) is 17.6 Å². The van der Waals surface area contributed by atoms with Crippen molar-refractivity contribution < 1.29 is 9.53 Å². The van der Waals surface area contributed by atoms with Crippen LogP contribution >= 0.6 is 11.6 Å². The lowest BCUT2D eigenvalue weighted by molar-refractivity contribution is -0.109. The van der Waals surface area contributed by atoms with E-state index < -0.39 is 0 Å². The molecule has 124 valence electrons. The van der Waals surface area contributed by atoms with Crippen LogP contribution in [-0.4, -0.2) is 13.5 Å². The summed E-state index contributed by atoms with van der Waals surface area (Å²) in [6, 6.07) is 13.9. The van der Waals surface area contributed by atoms with E-state index in [4.69, 9.17) is 21.1 Å². The van der Waals surface area contributed by atoms with E-state index in [1.165, 1.54) is 5.56 Å². The number of carbonyl (C=O) groups excluding carboxylic acids is 1. The molecule has 0 heterocycles. The average molecular weight is 336 g/mol. The number of halogens is 1. The van der Waals surface area contributed by atoms with Gasteiger partial charge in [-0.2, -0.15) is 0 Å². The molecule has 0 aliphatic rings. The molecule has 0 aliphatic carbocycles. The second-order valence-corrected chi connectivity index (χ2v) is 4.97. The van der Waals surface area contributed by atoms with E-state index in [0.29, 0.717) is 13.0 Å². The van der Waals surface area contributed by atoms with Gasteiger partial charge in [0.2, 0.25) is 6.41 Å². The van der Waals surface area contributed by atoms with Crippen molar-refractivity contribution in [2.45, 2.75) is 20.0 Å². The topological polar surface area (TPSA) is 76.4 Å². The van der Waals surface area contributed by atoms with Crippen molar-refractivity contribution in [2.75, 3.05) is 12.4 Å². The van der Waals surface area contributed by atoms with Gasteiger partial charge in [-0.3, -0.25) is 10.2 Å². The van der Waals surface area contributed by atoms with Gasteiger partial charge in [0.05, 0.1) is 5.69 Å². The van der Waals surface area contributed by atoms with Crippen molar-refractivity contribution in [2.24, 2.45) is 5.84 Å². The Morgan fingerprint density at radius 3 is 2.39 bits per heavy atom. The molecule has 23 heavy (non-hydrogen) atoms. The normalized spacial score (nSPS) is 9.39. The third-order valence-electron chi connectivity index (χ3n) is 3.14. The molecule has 6 heteroatoms. The third-order valence-corrected chi connectivity index (χ3v) is 3.51. The molecule has 2 aromatic carbocycles. The molecule has 0 aromatic heterocycles. The van der Waals surface area contributed by atoms with Crippen LogP contribution in [0.2, 0.25) is 5.02 Å². The number of hydrogen-bond acceptors (Lipinski definition) is 4. The SMILES string of the molecule is CCc1cccc(NC)c1OCc1ccccc1Cl.NNC=O. The highest BCUT2D eigenvalue weighted by molar-refractivity contribution is 6.31. The summed E-state index contributed by atoms with van der Waals surface area (Å²) >= 11 is 6.14. The molecule has 5 nitrogen and oxygen atoms in total. The lowest BCUT2D eigenvalue weighted by atomic mass is 10.1. The number of carbonyl (C=O) groups is 1. The van der Waals surface area contributed by atoms with Crippen LogP contribution in [0, 0.1) is 0 Å². The molecule has 2 aromatic rings. The molecule has 0 saturated carbocycles. The first-order chi connectivity index (χ1) is 11.2. The fourth-order valence-corrected chi connectivity index (χ4v) is 2.19. The number of hydrogen-bond donors (Lipinski definition) is 3. The molecular formula is C17H22ClN3O2. The number of rotatable bonds is 6. The molecule has 0 fully saturated rings. The van der Waals surface area contributed by atoms with Gasteiger partial charge in [-0.1, -0.05) is 48.9 Å². The number of amides is 1. The Morgan fingerprint density at radius 1 is 1.17 bits per heavy atom. The van der Waals surface area contributed by atoms with Gasteiger partial charge >= 0.3 is 0 Å². The third kappa shape index (κ3) is 5.81. The maximum atomic E-state index is 8.94. The first kappa shape index (κ1) is 18.8. The lowest BCUT2D eigenvalue weighted by Crippen LogP contribution is -2.18. The minimum atomic E-state index is 0.403. The van der Waals surface area contributed by atoms with Gasteiger partial charge in [0.1, 0.15) is 12.4 Å². The van der Waals surface area contributed by atoms with E-state index in [9.17, 15) is 0 Å². The Hall–Kier alpha value is -2.24. The summed E-state index contributed by atoms with van der Waals surface area (Å²) in [6.45, 7) is 2.60. The fraction of sp³-hybridized carbons (Fsp3) is 0.235. The molecule has 0 atom stereocenters. The maximum absolute atomic E-state index is 8.94. The van der Waals surface area contributed by atoms with Crippen molar-refractivity contribution in [3.8, 4) is 5.75 Å². The number of nitrogens with two attached hydrogens (primary N) is 1. The van der Waals surface area contributed by atoms with Gasteiger partial charge < -0.3 is 10.1 Å².